The largest absolute Gasteiger partial charge is 0.352 e. The van der Waals surface area contributed by atoms with E-state index in [1.807, 2.05) is 0 Å². The molecule has 2 aromatic carbocycles. The molecule has 23 heavy (non-hydrogen) atoms. The number of hydrogen-bond acceptors (Lipinski definition) is 2. The van der Waals surface area contributed by atoms with Gasteiger partial charge in [0.05, 0.1) is 10.6 Å². The highest BCUT2D eigenvalue weighted by Crippen LogP contribution is 2.31. The normalized spacial score (nSPS) is 17.7. The second-order valence-corrected chi connectivity index (χ2v) is 6.01. The van der Waals surface area contributed by atoms with Crippen molar-refractivity contribution in [1.29, 1.82) is 0 Å². The monoisotopic (exact) mass is 348 g/mol. The Morgan fingerprint density at radius 1 is 1.04 bits per heavy atom. The van der Waals surface area contributed by atoms with Crippen molar-refractivity contribution in [1.82, 2.24) is 10.2 Å². The van der Waals surface area contributed by atoms with E-state index in [-0.39, 0.29) is 11.8 Å². The summed E-state index contributed by atoms with van der Waals surface area (Å²) >= 11 is 12.4. The van der Waals surface area contributed by atoms with Crippen LogP contribution < -0.4 is 5.32 Å². The molecule has 1 unspecified atom stereocenters. The molecule has 0 radical (unpaired) electrons. The average molecular weight is 349 g/mol. The minimum absolute atomic E-state index is 0.246. The topological polar surface area (TPSA) is 49.4 Å². The average Bonchev–Trinajstić information content (AvgIpc) is 2.55. The first-order valence-corrected chi connectivity index (χ1v) is 7.93. The fourth-order valence-corrected chi connectivity index (χ4v) is 3.14. The molecule has 1 heterocycles. The van der Waals surface area contributed by atoms with Crippen LogP contribution in [-0.2, 0) is 4.79 Å². The highest BCUT2D eigenvalue weighted by Gasteiger charge is 2.36. The number of benzene rings is 2. The third-order valence-corrected chi connectivity index (χ3v) is 4.45. The van der Waals surface area contributed by atoms with Gasteiger partial charge in [-0.1, -0.05) is 53.5 Å². The molecule has 4 nitrogen and oxygen atoms in total. The van der Waals surface area contributed by atoms with Gasteiger partial charge in [0.1, 0.15) is 6.04 Å². The Labute approximate surface area is 144 Å². The molecule has 0 spiro atoms. The molecule has 2 amide bonds. The second kappa shape index (κ2) is 6.60. The molecule has 0 saturated carbocycles. The zero-order valence-electron chi connectivity index (χ0n) is 12.1. The van der Waals surface area contributed by atoms with E-state index < -0.39 is 6.04 Å². The van der Waals surface area contributed by atoms with E-state index in [2.05, 4.69) is 5.32 Å². The van der Waals surface area contributed by atoms with Crippen LogP contribution in [0.2, 0.25) is 10.0 Å². The molecule has 6 heteroatoms. The Bertz CT molecular complexity index is 764. The lowest BCUT2D eigenvalue weighted by Gasteiger charge is -2.35. The van der Waals surface area contributed by atoms with Crippen molar-refractivity contribution in [2.75, 3.05) is 13.1 Å². The molecule has 1 aliphatic rings. The van der Waals surface area contributed by atoms with Crippen LogP contribution in [0.15, 0.2) is 48.5 Å². The second-order valence-electron chi connectivity index (χ2n) is 5.19. The van der Waals surface area contributed by atoms with Gasteiger partial charge in [-0.3, -0.25) is 9.59 Å². The van der Waals surface area contributed by atoms with Crippen LogP contribution in [0, 0.1) is 0 Å². The van der Waals surface area contributed by atoms with Gasteiger partial charge in [0.2, 0.25) is 5.91 Å². The number of rotatable bonds is 2. The van der Waals surface area contributed by atoms with Crippen molar-refractivity contribution in [3.63, 3.8) is 0 Å². The smallest absolute Gasteiger partial charge is 0.256 e. The van der Waals surface area contributed by atoms with E-state index in [0.717, 1.165) is 0 Å². The van der Waals surface area contributed by atoms with E-state index in [1.165, 1.54) is 4.90 Å². The lowest BCUT2D eigenvalue weighted by Crippen LogP contribution is -2.52. The number of nitrogens with zero attached hydrogens (tertiary/aromatic N) is 1. The quantitative estimate of drug-likeness (QED) is 0.904. The third-order valence-electron chi connectivity index (χ3n) is 3.78. The summed E-state index contributed by atoms with van der Waals surface area (Å²) in [4.78, 5) is 26.8. The zero-order valence-corrected chi connectivity index (χ0v) is 13.6. The van der Waals surface area contributed by atoms with Crippen LogP contribution >= 0.6 is 23.2 Å². The highest BCUT2D eigenvalue weighted by atomic mass is 35.5. The van der Waals surface area contributed by atoms with E-state index in [0.29, 0.717) is 34.3 Å². The number of carbonyl (C=O) groups excluding carboxylic acids is 2. The van der Waals surface area contributed by atoms with Gasteiger partial charge in [0, 0.05) is 23.7 Å². The number of amides is 2. The zero-order chi connectivity index (χ0) is 16.4. The third kappa shape index (κ3) is 3.05. The van der Waals surface area contributed by atoms with Gasteiger partial charge in [-0.05, 0) is 18.2 Å². The minimum Gasteiger partial charge on any atom is -0.352 e. The first-order valence-electron chi connectivity index (χ1n) is 7.17. The number of carbonyl (C=O) groups is 2. The van der Waals surface area contributed by atoms with Crippen molar-refractivity contribution >= 4 is 35.0 Å². The molecule has 1 saturated heterocycles. The van der Waals surface area contributed by atoms with Crippen molar-refractivity contribution in [3.8, 4) is 0 Å². The van der Waals surface area contributed by atoms with Gasteiger partial charge in [0.25, 0.3) is 5.91 Å². The lowest BCUT2D eigenvalue weighted by atomic mass is 10.0. The van der Waals surface area contributed by atoms with Crippen LogP contribution in [0.3, 0.4) is 0 Å². The number of piperazine rings is 1. The van der Waals surface area contributed by atoms with E-state index in [4.69, 9.17) is 23.2 Å². The summed E-state index contributed by atoms with van der Waals surface area (Å²) in [5.41, 5.74) is 0.979. The maximum Gasteiger partial charge on any atom is 0.256 e. The minimum atomic E-state index is -0.763. The standard InChI is InChI=1S/C17H14Cl2N2O2/c18-13-7-3-1-5-11(13)15-16(22)20-9-10-21(15)17(23)12-6-2-4-8-14(12)19/h1-8,15H,9-10H2,(H,20,22). The summed E-state index contributed by atoms with van der Waals surface area (Å²) in [5, 5.41) is 3.60. The van der Waals surface area contributed by atoms with Crippen molar-refractivity contribution in [3.05, 3.63) is 69.7 Å². The van der Waals surface area contributed by atoms with Gasteiger partial charge >= 0.3 is 0 Å². The Morgan fingerprint density at radius 3 is 2.39 bits per heavy atom. The molecule has 1 aliphatic heterocycles. The van der Waals surface area contributed by atoms with Crippen LogP contribution in [0.25, 0.3) is 0 Å². The summed E-state index contributed by atoms with van der Waals surface area (Å²) in [6, 6.07) is 13.1. The Balaban J connectivity index is 2.02. The number of nitrogens with one attached hydrogen (secondary N) is 1. The van der Waals surface area contributed by atoms with Crippen LogP contribution in [0.1, 0.15) is 22.0 Å². The van der Waals surface area contributed by atoms with Crippen LogP contribution in [0.5, 0.6) is 0 Å². The molecule has 1 fully saturated rings. The molecule has 3 rings (SSSR count). The fourth-order valence-electron chi connectivity index (χ4n) is 2.68. The lowest BCUT2D eigenvalue weighted by molar-refractivity contribution is -0.128. The fraction of sp³-hybridized carbons (Fsp3) is 0.176. The molecular weight excluding hydrogens is 335 g/mol. The summed E-state index contributed by atoms with van der Waals surface area (Å²) < 4.78 is 0. The predicted molar refractivity (Wildman–Crippen MR) is 89.7 cm³/mol. The van der Waals surface area contributed by atoms with Gasteiger partial charge in [-0.15, -0.1) is 0 Å². The molecule has 0 aliphatic carbocycles. The Kier molecular flexibility index (Phi) is 4.55. The first kappa shape index (κ1) is 15.8. The van der Waals surface area contributed by atoms with E-state index in [1.54, 1.807) is 48.5 Å². The summed E-state index contributed by atoms with van der Waals surface area (Å²) in [6.45, 7) is 0.793. The molecule has 118 valence electrons. The Hall–Kier alpha value is -2.04. The molecule has 2 aromatic rings. The first-order chi connectivity index (χ1) is 11.1. The Morgan fingerprint density at radius 2 is 1.70 bits per heavy atom. The molecule has 0 bridgehead atoms. The predicted octanol–water partition coefficient (Wildman–Crippen LogP) is 3.31. The number of hydrogen-bond donors (Lipinski definition) is 1. The van der Waals surface area contributed by atoms with Gasteiger partial charge in [-0.25, -0.2) is 0 Å². The number of halogens is 2. The van der Waals surface area contributed by atoms with E-state index >= 15 is 0 Å². The maximum atomic E-state index is 12.9. The summed E-state index contributed by atoms with van der Waals surface area (Å²) in [6.07, 6.45) is 0. The van der Waals surface area contributed by atoms with Gasteiger partial charge in [-0.2, -0.15) is 0 Å². The highest BCUT2D eigenvalue weighted by molar-refractivity contribution is 6.34. The van der Waals surface area contributed by atoms with Crippen molar-refractivity contribution in [2.24, 2.45) is 0 Å². The molecule has 1 N–H and O–H groups in total. The van der Waals surface area contributed by atoms with Crippen LogP contribution in [-0.4, -0.2) is 29.8 Å². The molecular formula is C17H14Cl2N2O2. The molecule has 1 atom stereocenters. The SMILES string of the molecule is O=C1NCCN(C(=O)c2ccccc2Cl)C1c1ccccc1Cl. The van der Waals surface area contributed by atoms with Gasteiger partial charge in [0.15, 0.2) is 0 Å². The summed E-state index contributed by atoms with van der Waals surface area (Å²) in [5.74, 6) is -0.528. The summed E-state index contributed by atoms with van der Waals surface area (Å²) in [7, 11) is 0. The van der Waals surface area contributed by atoms with Crippen LogP contribution in [0.4, 0.5) is 0 Å². The molecule has 0 aromatic heterocycles. The van der Waals surface area contributed by atoms with Gasteiger partial charge < -0.3 is 10.2 Å². The van der Waals surface area contributed by atoms with E-state index in [9.17, 15) is 9.59 Å². The van der Waals surface area contributed by atoms with Crippen molar-refractivity contribution < 1.29 is 9.59 Å². The van der Waals surface area contributed by atoms with Crippen molar-refractivity contribution in [2.45, 2.75) is 6.04 Å². The maximum absolute atomic E-state index is 12.9.